The van der Waals surface area contributed by atoms with E-state index < -0.39 is 0 Å². The van der Waals surface area contributed by atoms with Crippen LogP contribution >= 0.6 is 0 Å². The van der Waals surface area contributed by atoms with Crippen molar-refractivity contribution in [3.05, 3.63) is 36.0 Å². The van der Waals surface area contributed by atoms with Gasteiger partial charge in [0.2, 0.25) is 5.88 Å². The van der Waals surface area contributed by atoms with Gasteiger partial charge in [0.15, 0.2) is 0 Å². The minimum Gasteiger partial charge on any atom is -0.396 e. The second kappa shape index (κ2) is 4.14. The molecule has 3 N–H and O–H groups in total. The number of hydrogen-bond acceptors (Lipinski definition) is 4. The Labute approximate surface area is 87.3 Å². The largest absolute Gasteiger partial charge is 0.396 e. The molecule has 0 bridgehead atoms. The first-order valence-corrected chi connectivity index (χ1v) is 4.71. The van der Waals surface area contributed by atoms with Gasteiger partial charge in [0.25, 0.3) is 0 Å². The van der Waals surface area contributed by atoms with Crippen molar-refractivity contribution in [2.45, 2.75) is 6.42 Å². The van der Waals surface area contributed by atoms with Crippen molar-refractivity contribution in [3.8, 4) is 11.1 Å². The average Bonchev–Trinajstić information content (AvgIpc) is 2.65. The summed E-state index contributed by atoms with van der Waals surface area (Å²) in [6.07, 6.45) is 2.23. The Bertz CT molecular complexity index is 451. The van der Waals surface area contributed by atoms with Crippen molar-refractivity contribution < 1.29 is 9.63 Å². The van der Waals surface area contributed by atoms with Gasteiger partial charge in [-0.2, -0.15) is 0 Å². The Hall–Kier alpha value is -1.81. The molecule has 78 valence electrons. The van der Waals surface area contributed by atoms with Crippen LogP contribution in [-0.2, 0) is 6.42 Å². The molecule has 0 atom stereocenters. The maximum atomic E-state index is 8.84. The summed E-state index contributed by atoms with van der Waals surface area (Å²) < 4.78 is 4.80. The molecule has 4 nitrogen and oxygen atoms in total. The zero-order valence-corrected chi connectivity index (χ0v) is 8.18. The molecule has 0 spiro atoms. The third kappa shape index (κ3) is 1.99. The van der Waals surface area contributed by atoms with Gasteiger partial charge in [-0.05, 0) is 17.5 Å². The van der Waals surface area contributed by atoms with Crippen molar-refractivity contribution in [1.82, 2.24) is 5.16 Å². The molecule has 0 aliphatic heterocycles. The predicted octanol–water partition coefficient (Wildman–Crippen LogP) is 1.46. The van der Waals surface area contributed by atoms with E-state index >= 15 is 0 Å². The van der Waals surface area contributed by atoms with Crippen LogP contribution in [0.2, 0.25) is 0 Å². The number of aromatic nitrogens is 1. The first-order valence-electron chi connectivity index (χ1n) is 4.71. The fraction of sp³-hybridized carbons (Fsp3) is 0.182. The lowest BCUT2D eigenvalue weighted by atomic mass is 10.0. The van der Waals surface area contributed by atoms with E-state index in [2.05, 4.69) is 5.16 Å². The number of anilines is 1. The maximum absolute atomic E-state index is 8.84. The van der Waals surface area contributed by atoms with Crippen molar-refractivity contribution in [3.63, 3.8) is 0 Å². The molecule has 1 heterocycles. The highest BCUT2D eigenvalue weighted by Crippen LogP contribution is 2.25. The topological polar surface area (TPSA) is 72.3 Å². The van der Waals surface area contributed by atoms with Crippen LogP contribution in [0.4, 0.5) is 5.88 Å². The van der Waals surface area contributed by atoms with E-state index in [-0.39, 0.29) is 6.61 Å². The van der Waals surface area contributed by atoms with Gasteiger partial charge in [0.1, 0.15) is 0 Å². The number of aliphatic hydroxyl groups is 1. The third-order valence-corrected chi connectivity index (χ3v) is 2.24. The molecular formula is C11H12N2O2. The highest BCUT2D eigenvalue weighted by molar-refractivity contribution is 5.72. The van der Waals surface area contributed by atoms with Crippen LogP contribution in [0.25, 0.3) is 11.1 Å². The number of nitrogens with zero attached hydrogens (tertiary/aromatic N) is 1. The molecule has 1 aromatic carbocycles. The summed E-state index contributed by atoms with van der Waals surface area (Å²) in [6, 6.07) is 7.79. The fourth-order valence-corrected chi connectivity index (χ4v) is 1.49. The Balaban J connectivity index is 2.37. The monoisotopic (exact) mass is 204 g/mol. The molecule has 15 heavy (non-hydrogen) atoms. The van der Waals surface area contributed by atoms with E-state index in [1.807, 2.05) is 24.3 Å². The lowest BCUT2D eigenvalue weighted by Gasteiger charge is -2.01. The Morgan fingerprint density at radius 3 is 2.93 bits per heavy atom. The molecule has 4 heteroatoms. The molecule has 0 saturated carbocycles. The summed E-state index contributed by atoms with van der Waals surface area (Å²) in [5, 5.41) is 12.5. The molecule has 0 aliphatic rings. The molecule has 0 unspecified atom stereocenters. The Morgan fingerprint density at radius 1 is 1.40 bits per heavy atom. The highest BCUT2D eigenvalue weighted by atomic mass is 16.5. The second-order valence-corrected chi connectivity index (χ2v) is 3.28. The van der Waals surface area contributed by atoms with Crippen LogP contribution in [0.15, 0.2) is 35.0 Å². The number of aliphatic hydroxyl groups excluding tert-OH is 1. The summed E-state index contributed by atoms with van der Waals surface area (Å²) in [4.78, 5) is 0. The molecule has 0 saturated heterocycles. The summed E-state index contributed by atoms with van der Waals surface area (Å²) in [6.45, 7) is 0.141. The van der Waals surface area contributed by atoms with E-state index in [0.717, 1.165) is 16.7 Å². The molecule has 0 radical (unpaired) electrons. The summed E-state index contributed by atoms with van der Waals surface area (Å²) >= 11 is 0. The number of nitrogens with two attached hydrogens (primary N) is 1. The van der Waals surface area contributed by atoms with E-state index in [1.54, 1.807) is 6.20 Å². The molecule has 0 aliphatic carbocycles. The van der Waals surface area contributed by atoms with Crippen LogP contribution in [-0.4, -0.2) is 16.9 Å². The van der Waals surface area contributed by atoms with Crippen LogP contribution in [0.5, 0.6) is 0 Å². The van der Waals surface area contributed by atoms with E-state index in [1.165, 1.54) is 0 Å². The lowest BCUT2D eigenvalue weighted by molar-refractivity contribution is 0.299. The quantitative estimate of drug-likeness (QED) is 0.793. The van der Waals surface area contributed by atoms with Crippen molar-refractivity contribution in [2.75, 3.05) is 12.3 Å². The van der Waals surface area contributed by atoms with Crippen LogP contribution < -0.4 is 5.73 Å². The SMILES string of the molecule is Nc1oncc1-c1cccc(CCO)c1. The maximum Gasteiger partial charge on any atom is 0.229 e. The number of nitrogen functional groups attached to an aromatic ring is 1. The summed E-state index contributed by atoms with van der Waals surface area (Å²) in [7, 11) is 0. The first kappa shape index (κ1) is 9.73. The molecule has 2 rings (SSSR count). The van der Waals surface area contributed by atoms with Gasteiger partial charge in [0, 0.05) is 6.61 Å². The number of hydrogen-bond donors (Lipinski definition) is 2. The van der Waals surface area contributed by atoms with Crippen LogP contribution in [0, 0.1) is 0 Å². The summed E-state index contributed by atoms with van der Waals surface area (Å²) in [5.74, 6) is 0.316. The molecule has 1 aromatic heterocycles. The van der Waals surface area contributed by atoms with Gasteiger partial charge in [0.05, 0.1) is 11.8 Å². The lowest BCUT2D eigenvalue weighted by Crippen LogP contribution is -1.91. The van der Waals surface area contributed by atoms with Gasteiger partial charge in [-0.15, -0.1) is 0 Å². The molecule has 0 fully saturated rings. The third-order valence-electron chi connectivity index (χ3n) is 2.24. The van der Waals surface area contributed by atoms with Gasteiger partial charge in [-0.3, -0.25) is 0 Å². The van der Waals surface area contributed by atoms with E-state index in [4.69, 9.17) is 15.4 Å². The van der Waals surface area contributed by atoms with Gasteiger partial charge >= 0.3 is 0 Å². The van der Waals surface area contributed by atoms with Gasteiger partial charge in [-0.1, -0.05) is 29.4 Å². The Morgan fingerprint density at radius 2 is 2.27 bits per heavy atom. The molecular weight excluding hydrogens is 192 g/mol. The molecule has 0 amide bonds. The van der Waals surface area contributed by atoms with E-state index in [0.29, 0.717) is 12.3 Å². The van der Waals surface area contributed by atoms with E-state index in [9.17, 15) is 0 Å². The standard InChI is InChI=1S/C11H12N2O2/c12-11-10(7-13-15-11)9-3-1-2-8(6-9)4-5-14/h1-3,6-7,14H,4-5,12H2. The van der Waals surface area contributed by atoms with Crippen molar-refractivity contribution in [2.24, 2.45) is 0 Å². The first-order chi connectivity index (χ1) is 7.31. The zero-order chi connectivity index (χ0) is 10.7. The highest BCUT2D eigenvalue weighted by Gasteiger charge is 2.06. The number of benzene rings is 1. The van der Waals surface area contributed by atoms with Crippen molar-refractivity contribution in [1.29, 1.82) is 0 Å². The fourth-order valence-electron chi connectivity index (χ4n) is 1.49. The zero-order valence-electron chi connectivity index (χ0n) is 8.18. The predicted molar refractivity (Wildman–Crippen MR) is 57.1 cm³/mol. The summed E-state index contributed by atoms with van der Waals surface area (Å²) in [5.41, 5.74) is 8.43. The minimum absolute atomic E-state index is 0.141. The minimum atomic E-state index is 0.141. The van der Waals surface area contributed by atoms with Crippen molar-refractivity contribution >= 4 is 5.88 Å². The van der Waals surface area contributed by atoms with Crippen LogP contribution in [0.1, 0.15) is 5.56 Å². The van der Waals surface area contributed by atoms with Gasteiger partial charge in [-0.25, -0.2) is 0 Å². The molecule has 2 aromatic rings. The smallest absolute Gasteiger partial charge is 0.229 e. The average molecular weight is 204 g/mol. The Kier molecular flexibility index (Phi) is 2.69. The normalized spacial score (nSPS) is 10.5. The number of rotatable bonds is 3. The van der Waals surface area contributed by atoms with Crippen LogP contribution in [0.3, 0.4) is 0 Å². The second-order valence-electron chi connectivity index (χ2n) is 3.28. The van der Waals surface area contributed by atoms with Gasteiger partial charge < -0.3 is 15.4 Å².